The maximum atomic E-state index is 10.7. The van der Waals surface area contributed by atoms with Gasteiger partial charge in [0.05, 0.1) is 11.3 Å². The molecule has 0 aliphatic carbocycles. The summed E-state index contributed by atoms with van der Waals surface area (Å²) in [7, 11) is 0. The van der Waals surface area contributed by atoms with Gasteiger partial charge in [-0.2, -0.15) is 0 Å². The van der Waals surface area contributed by atoms with Gasteiger partial charge in [-0.15, -0.1) is 5.10 Å². The molecule has 0 bridgehead atoms. The smallest absolute Gasteiger partial charge is 0.335 e. The van der Waals surface area contributed by atoms with E-state index >= 15 is 0 Å². The molecule has 0 aliphatic heterocycles. The van der Waals surface area contributed by atoms with E-state index in [9.17, 15) is 4.79 Å². The number of aromatic nitrogens is 2. The number of hydrogen-bond donors (Lipinski definition) is 3. The molecule has 1 aromatic carbocycles. The molecule has 0 saturated heterocycles. The number of rotatable bonds is 3. The van der Waals surface area contributed by atoms with E-state index in [-0.39, 0.29) is 11.3 Å². The Kier molecular flexibility index (Phi) is 2.70. The van der Waals surface area contributed by atoms with Crippen molar-refractivity contribution in [2.75, 3.05) is 5.73 Å². The second kappa shape index (κ2) is 4.17. The van der Waals surface area contributed by atoms with E-state index in [1.165, 1.54) is 18.2 Å². The van der Waals surface area contributed by atoms with Gasteiger partial charge in [0, 0.05) is 11.8 Å². The van der Waals surface area contributed by atoms with E-state index in [1.54, 1.807) is 6.07 Å². The van der Waals surface area contributed by atoms with Crippen LogP contribution in [0.4, 0.5) is 5.69 Å². The van der Waals surface area contributed by atoms with E-state index in [0.717, 1.165) is 5.69 Å². The van der Waals surface area contributed by atoms with Crippen LogP contribution in [0.25, 0.3) is 0 Å². The standard InChI is InChI=1S/C11H11N3O3/c1-6-4-10(14-13-6)17-9-3-2-7(11(15)16)5-8(9)12/h2-5H,12H2,1H3,(H,13,14)(H,15,16). The van der Waals surface area contributed by atoms with Crippen molar-refractivity contribution in [2.24, 2.45) is 0 Å². The third-order valence-corrected chi connectivity index (χ3v) is 2.15. The number of nitrogen functional groups attached to an aromatic ring is 1. The predicted octanol–water partition coefficient (Wildman–Crippen LogP) is 1.79. The molecule has 0 unspecified atom stereocenters. The number of aromatic carboxylic acids is 1. The van der Waals surface area contributed by atoms with Crippen molar-refractivity contribution < 1.29 is 14.6 Å². The molecule has 6 heteroatoms. The Morgan fingerprint density at radius 1 is 1.47 bits per heavy atom. The third-order valence-electron chi connectivity index (χ3n) is 2.15. The average Bonchev–Trinajstić information content (AvgIpc) is 2.67. The van der Waals surface area contributed by atoms with Crippen molar-refractivity contribution in [1.29, 1.82) is 0 Å². The summed E-state index contributed by atoms with van der Waals surface area (Å²) in [6.07, 6.45) is 0. The van der Waals surface area contributed by atoms with Crippen molar-refractivity contribution in [2.45, 2.75) is 6.92 Å². The summed E-state index contributed by atoms with van der Waals surface area (Å²) in [5, 5.41) is 15.4. The lowest BCUT2D eigenvalue weighted by molar-refractivity contribution is 0.0697. The lowest BCUT2D eigenvalue weighted by Gasteiger charge is -2.06. The molecule has 1 heterocycles. The first-order valence-electron chi connectivity index (χ1n) is 4.89. The number of aromatic amines is 1. The molecular weight excluding hydrogens is 222 g/mol. The van der Waals surface area contributed by atoms with Crippen LogP contribution in [0.1, 0.15) is 16.1 Å². The van der Waals surface area contributed by atoms with Crippen molar-refractivity contribution in [3.8, 4) is 11.6 Å². The molecule has 0 spiro atoms. The number of ether oxygens (including phenoxy) is 1. The first kappa shape index (κ1) is 11.0. The lowest BCUT2D eigenvalue weighted by atomic mass is 10.2. The SMILES string of the molecule is Cc1cc(Oc2ccc(C(=O)O)cc2N)n[nH]1. The molecule has 0 aliphatic rings. The van der Waals surface area contributed by atoms with Crippen molar-refractivity contribution in [1.82, 2.24) is 10.2 Å². The molecule has 0 saturated carbocycles. The molecular formula is C11H11N3O3. The first-order chi connectivity index (χ1) is 8.06. The predicted molar refractivity (Wildman–Crippen MR) is 61.2 cm³/mol. The molecule has 1 aromatic heterocycles. The number of nitrogens with two attached hydrogens (primary N) is 1. The maximum Gasteiger partial charge on any atom is 0.335 e. The number of H-pyrrole nitrogens is 1. The highest BCUT2D eigenvalue weighted by Gasteiger charge is 2.08. The Hall–Kier alpha value is -2.50. The number of nitrogens with zero attached hydrogens (tertiary/aromatic N) is 1. The Balaban J connectivity index is 2.25. The lowest BCUT2D eigenvalue weighted by Crippen LogP contribution is -1.99. The van der Waals surface area contributed by atoms with Crippen LogP contribution >= 0.6 is 0 Å². The van der Waals surface area contributed by atoms with Crippen LogP contribution < -0.4 is 10.5 Å². The molecule has 0 radical (unpaired) electrons. The Bertz CT molecular complexity index is 563. The van der Waals surface area contributed by atoms with Gasteiger partial charge in [-0.05, 0) is 25.1 Å². The fraction of sp³-hybridized carbons (Fsp3) is 0.0909. The van der Waals surface area contributed by atoms with E-state index in [4.69, 9.17) is 15.6 Å². The third kappa shape index (κ3) is 2.36. The average molecular weight is 233 g/mol. The number of anilines is 1. The van der Waals surface area contributed by atoms with E-state index in [1.807, 2.05) is 6.92 Å². The summed E-state index contributed by atoms with van der Waals surface area (Å²) < 4.78 is 5.40. The van der Waals surface area contributed by atoms with Gasteiger partial charge in [0.15, 0.2) is 5.75 Å². The van der Waals surface area contributed by atoms with Gasteiger partial charge in [-0.25, -0.2) is 4.79 Å². The summed E-state index contributed by atoms with van der Waals surface area (Å²) in [5.41, 5.74) is 6.92. The van der Waals surface area contributed by atoms with Gasteiger partial charge in [0.1, 0.15) is 0 Å². The molecule has 0 atom stereocenters. The summed E-state index contributed by atoms with van der Waals surface area (Å²) in [6.45, 7) is 1.84. The van der Waals surface area contributed by atoms with Crippen LogP contribution in [-0.2, 0) is 0 Å². The molecule has 6 nitrogen and oxygen atoms in total. The topological polar surface area (TPSA) is 101 Å². The number of hydrogen-bond acceptors (Lipinski definition) is 4. The zero-order valence-electron chi connectivity index (χ0n) is 9.10. The van der Waals surface area contributed by atoms with Crippen molar-refractivity contribution >= 4 is 11.7 Å². The van der Waals surface area contributed by atoms with Crippen LogP contribution in [0.2, 0.25) is 0 Å². The monoisotopic (exact) mass is 233 g/mol. The number of carbonyl (C=O) groups is 1. The van der Waals surface area contributed by atoms with Gasteiger partial charge in [0.2, 0.25) is 5.88 Å². The second-order valence-corrected chi connectivity index (χ2v) is 3.55. The number of nitrogens with one attached hydrogen (secondary N) is 1. The molecule has 2 aromatic rings. The minimum absolute atomic E-state index is 0.119. The highest BCUT2D eigenvalue weighted by atomic mass is 16.5. The van der Waals surface area contributed by atoms with Crippen LogP contribution in [0.5, 0.6) is 11.6 Å². The van der Waals surface area contributed by atoms with E-state index in [2.05, 4.69) is 10.2 Å². The Morgan fingerprint density at radius 3 is 2.76 bits per heavy atom. The van der Waals surface area contributed by atoms with Crippen molar-refractivity contribution in [3.63, 3.8) is 0 Å². The van der Waals surface area contributed by atoms with Gasteiger partial charge < -0.3 is 15.6 Å². The molecule has 0 fully saturated rings. The summed E-state index contributed by atoms with van der Waals surface area (Å²) in [6, 6.07) is 5.98. The van der Waals surface area contributed by atoms with Crippen LogP contribution in [0.3, 0.4) is 0 Å². The summed E-state index contributed by atoms with van der Waals surface area (Å²) >= 11 is 0. The molecule has 0 amide bonds. The summed E-state index contributed by atoms with van der Waals surface area (Å²) in [4.78, 5) is 10.7. The first-order valence-corrected chi connectivity index (χ1v) is 4.89. The van der Waals surface area contributed by atoms with E-state index < -0.39 is 5.97 Å². The van der Waals surface area contributed by atoms with Crippen LogP contribution in [-0.4, -0.2) is 21.3 Å². The zero-order chi connectivity index (χ0) is 12.4. The number of carboxylic acids is 1. The molecule has 17 heavy (non-hydrogen) atoms. The van der Waals surface area contributed by atoms with Gasteiger partial charge in [-0.1, -0.05) is 0 Å². The molecule has 88 valence electrons. The minimum atomic E-state index is -1.03. The number of carboxylic acid groups (broad SMARTS) is 1. The summed E-state index contributed by atoms with van der Waals surface area (Å²) in [5.74, 6) is -0.266. The fourth-order valence-electron chi connectivity index (χ4n) is 1.33. The normalized spacial score (nSPS) is 10.2. The zero-order valence-corrected chi connectivity index (χ0v) is 9.10. The highest BCUT2D eigenvalue weighted by Crippen LogP contribution is 2.27. The quantitative estimate of drug-likeness (QED) is 0.701. The second-order valence-electron chi connectivity index (χ2n) is 3.55. The minimum Gasteiger partial charge on any atom is -0.478 e. The largest absolute Gasteiger partial charge is 0.478 e. The maximum absolute atomic E-state index is 10.7. The Labute approximate surface area is 97.0 Å². The van der Waals surface area contributed by atoms with Crippen LogP contribution in [0, 0.1) is 6.92 Å². The number of benzene rings is 1. The van der Waals surface area contributed by atoms with E-state index in [0.29, 0.717) is 11.6 Å². The van der Waals surface area contributed by atoms with Crippen molar-refractivity contribution in [3.05, 3.63) is 35.5 Å². The van der Waals surface area contributed by atoms with Crippen LogP contribution in [0.15, 0.2) is 24.3 Å². The fourth-order valence-corrected chi connectivity index (χ4v) is 1.33. The van der Waals surface area contributed by atoms with Gasteiger partial charge >= 0.3 is 5.97 Å². The highest BCUT2D eigenvalue weighted by molar-refractivity contribution is 5.89. The Morgan fingerprint density at radius 2 is 2.24 bits per heavy atom. The van der Waals surface area contributed by atoms with Gasteiger partial charge in [-0.3, -0.25) is 5.10 Å². The molecule has 4 N–H and O–H groups in total. The number of aryl methyl sites for hydroxylation is 1. The van der Waals surface area contributed by atoms with Gasteiger partial charge in [0.25, 0.3) is 0 Å². The molecule has 2 rings (SSSR count).